The number of hydrogen-bond acceptors (Lipinski definition) is 3. The molecule has 1 rings (SSSR count). The molecule has 0 aliphatic carbocycles. The van der Waals surface area contributed by atoms with E-state index in [9.17, 15) is 9.18 Å². The Balaban J connectivity index is 2.79. The molecule has 0 bridgehead atoms. The van der Waals surface area contributed by atoms with Crippen molar-refractivity contribution in [1.82, 2.24) is 4.90 Å². The van der Waals surface area contributed by atoms with E-state index in [2.05, 4.69) is 0 Å². The molecule has 90 valence electrons. The number of amides is 1. The van der Waals surface area contributed by atoms with Crippen molar-refractivity contribution in [2.45, 2.75) is 58.0 Å². The van der Waals surface area contributed by atoms with E-state index < -0.39 is 23.9 Å². The number of hydrogen-bond donors (Lipinski definition) is 0. The van der Waals surface area contributed by atoms with Gasteiger partial charge in [0.15, 0.2) is 6.04 Å². The molecule has 0 saturated carbocycles. The van der Waals surface area contributed by atoms with Gasteiger partial charge in [0, 0.05) is 12.5 Å². The number of nitriles is 1. The molecule has 1 aliphatic heterocycles. The number of carbonyl (C=O) groups excluding carboxylic acids is 1. The van der Waals surface area contributed by atoms with Crippen LogP contribution in [0.4, 0.5) is 9.18 Å². The zero-order valence-electron chi connectivity index (χ0n) is 10.0. The minimum Gasteiger partial charge on any atom is -0.444 e. The smallest absolute Gasteiger partial charge is 0.411 e. The van der Waals surface area contributed by atoms with Crippen molar-refractivity contribution in [3.8, 4) is 6.07 Å². The summed E-state index contributed by atoms with van der Waals surface area (Å²) in [5.41, 5.74) is -0.634. The number of rotatable bonds is 0. The molecule has 4 nitrogen and oxygen atoms in total. The number of halogens is 1. The van der Waals surface area contributed by atoms with Gasteiger partial charge >= 0.3 is 6.09 Å². The summed E-state index contributed by atoms with van der Waals surface area (Å²) < 4.78 is 18.6. The second kappa shape index (κ2) is 4.28. The molecule has 1 fully saturated rings. The van der Waals surface area contributed by atoms with Crippen LogP contribution in [0.1, 0.15) is 34.1 Å². The summed E-state index contributed by atoms with van der Waals surface area (Å²) in [6.45, 7) is 6.92. The standard InChI is InChI=1S/C11H17FN2O2/c1-7-5-8(12)9(6-13)14(7)10(15)16-11(2,3)4/h7-9H,5H2,1-4H3/t7-,8+,9?/m1/s1. The first-order valence-corrected chi connectivity index (χ1v) is 5.31. The topological polar surface area (TPSA) is 53.3 Å². The number of ether oxygens (including phenoxy) is 1. The highest BCUT2D eigenvalue weighted by molar-refractivity contribution is 5.70. The molecule has 3 atom stereocenters. The fraction of sp³-hybridized carbons (Fsp3) is 0.818. The number of nitrogens with zero attached hydrogens (tertiary/aromatic N) is 2. The van der Waals surface area contributed by atoms with Crippen LogP contribution >= 0.6 is 0 Å². The summed E-state index contributed by atoms with van der Waals surface area (Å²) in [6.07, 6.45) is -1.71. The average molecular weight is 228 g/mol. The summed E-state index contributed by atoms with van der Waals surface area (Å²) in [7, 11) is 0. The second-order valence-electron chi connectivity index (χ2n) is 5.06. The lowest BCUT2D eigenvalue weighted by molar-refractivity contribution is 0.0182. The van der Waals surface area contributed by atoms with Crippen molar-refractivity contribution in [2.75, 3.05) is 0 Å². The Bertz CT molecular complexity index is 319. The van der Waals surface area contributed by atoms with Gasteiger partial charge < -0.3 is 4.74 Å². The first-order valence-electron chi connectivity index (χ1n) is 5.31. The molecular weight excluding hydrogens is 211 g/mol. The summed E-state index contributed by atoms with van der Waals surface area (Å²) in [6, 6.07) is 0.491. The van der Waals surface area contributed by atoms with Crippen molar-refractivity contribution < 1.29 is 13.9 Å². The average Bonchev–Trinajstić information content (AvgIpc) is 2.37. The maximum atomic E-state index is 13.4. The van der Waals surface area contributed by atoms with Crippen LogP contribution in [-0.2, 0) is 4.74 Å². The van der Waals surface area contributed by atoms with Gasteiger partial charge in [-0.3, -0.25) is 4.90 Å². The molecule has 0 aromatic rings. The highest BCUT2D eigenvalue weighted by Crippen LogP contribution is 2.28. The molecule has 0 aromatic heterocycles. The molecule has 1 aliphatic rings. The van der Waals surface area contributed by atoms with E-state index in [0.717, 1.165) is 0 Å². The van der Waals surface area contributed by atoms with Crippen molar-refractivity contribution >= 4 is 6.09 Å². The monoisotopic (exact) mass is 228 g/mol. The lowest BCUT2D eigenvalue weighted by Crippen LogP contribution is -2.44. The van der Waals surface area contributed by atoms with E-state index >= 15 is 0 Å². The minimum absolute atomic E-state index is 0.192. The van der Waals surface area contributed by atoms with E-state index in [4.69, 9.17) is 10.00 Å². The Morgan fingerprint density at radius 3 is 2.56 bits per heavy atom. The van der Waals surface area contributed by atoms with Crippen molar-refractivity contribution in [2.24, 2.45) is 0 Å². The summed E-state index contributed by atoms with van der Waals surface area (Å²) >= 11 is 0. The van der Waals surface area contributed by atoms with E-state index in [1.54, 1.807) is 27.7 Å². The van der Waals surface area contributed by atoms with Crippen LogP contribution in [0.5, 0.6) is 0 Å². The summed E-state index contributed by atoms with van der Waals surface area (Å²) in [4.78, 5) is 13.0. The predicted octanol–water partition coefficient (Wildman–Crippen LogP) is 2.25. The zero-order valence-corrected chi connectivity index (χ0v) is 10.0. The minimum atomic E-state index is -1.28. The Morgan fingerprint density at radius 2 is 2.12 bits per heavy atom. The number of likely N-dealkylation sites (tertiary alicyclic amines) is 1. The normalized spacial score (nSPS) is 30.0. The summed E-state index contributed by atoms with van der Waals surface area (Å²) in [5, 5.41) is 8.83. The summed E-state index contributed by atoms with van der Waals surface area (Å²) in [5.74, 6) is 0. The molecule has 0 N–H and O–H groups in total. The first-order chi connectivity index (χ1) is 7.26. The fourth-order valence-corrected chi connectivity index (χ4v) is 1.77. The lowest BCUT2D eigenvalue weighted by atomic mass is 10.2. The van der Waals surface area contributed by atoms with Gasteiger partial charge in [0.25, 0.3) is 0 Å². The van der Waals surface area contributed by atoms with Crippen LogP contribution in [0.15, 0.2) is 0 Å². The molecular formula is C11H17FN2O2. The molecule has 0 spiro atoms. The van der Waals surface area contributed by atoms with Crippen LogP contribution in [-0.4, -0.2) is 34.8 Å². The van der Waals surface area contributed by atoms with Crippen LogP contribution in [0.25, 0.3) is 0 Å². The zero-order chi connectivity index (χ0) is 12.5. The van der Waals surface area contributed by atoms with Crippen LogP contribution in [0, 0.1) is 11.3 Å². The fourth-order valence-electron chi connectivity index (χ4n) is 1.77. The van der Waals surface area contributed by atoms with Crippen molar-refractivity contribution in [3.63, 3.8) is 0 Å². The molecule has 1 amide bonds. The van der Waals surface area contributed by atoms with E-state index in [1.807, 2.05) is 6.07 Å². The molecule has 1 saturated heterocycles. The Morgan fingerprint density at radius 1 is 1.56 bits per heavy atom. The number of carbonyl (C=O) groups is 1. The third-order valence-corrected chi connectivity index (χ3v) is 2.42. The van der Waals surface area contributed by atoms with Gasteiger partial charge in [0.2, 0.25) is 0 Å². The predicted molar refractivity (Wildman–Crippen MR) is 56.4 cm³/mol. The van der Waals surface area contributed by atoms with Gasteiger partial charge in [0.05, 0.1) is 6.07 Å². The third-order valence-electron chi connectivity index (χ3n) is 2.42. The molecule has 0 radical (unpaired) electrons. The Kier molecular flexibility index (Phi) is 3.41. The molecule has 16 heavy (non-hydrogen) atoms. The van der Waals surface area contributed by atoms with Gasteiger partial charge in [-0.05, 0) is 27.7 Å². The maximum Gasteiger partial charge on any atom is 0.411 e. The van der Waals surface area contributed by atoms with Crippen LogP contribution < -0.4 is 0 Å². The molecule has 1 heterocycles. The van der Waals surface area contributed by atoms with Gasteiger partial charge in [0.1, 0.15) is 11.8 Å². The molecule has 5 heteroatoms. The maximum absolute atomic E-state index is 13.4. The Hall–Kier alpha value is -1.31. The largest absolute Gasteiger partial charge is 0.444 e. The van der Waals surface area contributed by atoms with Crippen molar-refractivity contribution in [1.29, 1.82) is 5.26 Å². The Labute approximate surface area is 95.0 Å². The van der Waals surface area contributed by atoms with E-state index in [0.29, 0.717) is 0 Å². The lowest BCUT2D eigenvalue weighted by Gasteiger charge is -2.28. The molecule has 0 aromatic carbocycles. The van der Waals surface area contributed by atoms with Crippen molar-refractivity contribution in [3.05, 3.63) is 0 Å². The third kappa shape index (κ3) is 2.63. The van der Waals surface area contributed by atoms with Gasteiger partial charge in [-0.1, -0.05) is 0 Å². The SMILES string of the molecule is C[C@@H]1C[C@H](F)C(C#N)N1C(=O)OC(C)(C)C. The molecule has 1 unspecified atom stereocenters. The van der Waals surface area contributed by atoms with E-state index in [-0.39, 0.29) is 12.5 Å². The second-order valence-corrected chi connectivity index (χ2v) is 5.06. The van der Waals surface area contributed by atoms with Gasteiger partial charge in [-0.2, -0.15) is 5.26 Å². The van der Waals surface area contributed by atoms with Gasteiger partial charge in [-0.25, -0.2) is 9.18 Å². The van der Waals surface area contributed by atoms with E-state index in [1.165, 1.54) is 4.90 Å². The van der Waals surface area contributed by atoms with Gasteiger partial charge in [-0.15, -0.1) is 0 Å². The number of alkyl halides is 1. The highest BCUT2D eigenvalue weighted by Gasteiger charge is 2.44. The van der Waals surface area contributed by atoms with Crippen LogP contribution in [0.3, 0.4) is 0 Å². The first kappa shape index (κ1) is 12.8. The quantitative estimate of drug-likeness (QED) is 0.639. The van der Waals surface area contributed by atoms with Crippen LogP contribution in [0.2, 0.25) is 0 Å². The highest BCUT2D eigenvalue weighted by atomic mass is 19.1.